The van der Waals surface area contributed by atoms with Gasteiger partial charge in [0.25, 0.3) is 5.91 Å². The average molecular weight is 388 g/mol. The van der Waals surface area contributed by atoms with Gasteiger partial charge in [-0.15, -0.1) is 0 Å². The van der Waals surface area contributed by atoms with Gasteiger partial charge in [0.1, 0.15) is 6.04 Å². The summed E-state index contributed by atoms with van der Waals surface area (Å²) in [5.74, 6) is -1.17. The Kier molecular flexibility index (Phi) is 4.61. The summed E-state index contributed by atoms with van der Waals surface area (Å²) in [7, 11) is 0. The first-order valence-electron chi connectivity index (χ1n) is 7.29. The highest BCUT2D eigenvalue weighted by atomic mass is 79.9. The smallest absolute Gasteiger partial charge is 0.254 e. The lowest BCUT2D eigenvalue weighted by molar-refractivity contribution is -0.122. The molecule has 2 aromatic rings. The van der Waals surface area contributed by atoms with E-state index in [0.717, 1.165) is 4.47 Å². The van der Waals surface area contributed by atoms with Gasteiger partial charge in [-0.1, -0.05) is 34.1 Å². The first-order valence-corrected chi connectivity index (χ1v) is 8.08. The maximum absolute atomic E-state index is 12.3. The number of fused-ring (bicyclic) bond motifs is 1. The summed E-state index contributed by atoms with van der Waals surface area (Å²) in [6.07, 6.45) is -0.155. The predicted molar refractivity (Wildman–Crippen MR) is 93.7 cm³/mol. The zero-order valence-corrected chi connectivity index (χ0v) is 14.1. The van der Waals surface area contributed by atoms with Gasteiger partial charge in [0, 0.05) is 10.2 Å². The molecule has 122 valence electrons. The number of para-hydroxylation sites is 1. The lowest BCUT2D eigenvalue weighted by Crippen LogP contribution is -2.43. The third-order valence-electron chi connectivity index (χ3n) is 3.55. The lowest BCUT2D eigenvalue weighted by Gasteiger charge is -2.14. The van der Waals surface area contributed by atoms with Crippen molar-refractivity contribution in [3.05, 3.63) is 58.6 Å². The van der Waals surface area contributed by atoms with Crippen LogP contribution in [0, 0.1) is 0 Å². The third-order valence-corrected chi connectivity index (χ3v) is 4.04. The second kappa shape index (κ2) is 6.84. The molecular formula is C17H14BrN3O3. The predicted octanol–water partition coefficient (Wildman–Crippen LogP) is 2.53. The summed E-state index contributed by atoms with van der Waals surface area (Å²) in [6, 6.07) is 12.9. The molecule has 1 atom stereocenters. The molecule has 1 aliphatic rings. The summed E-state index contributed by atoms with van der Waals surface area (Å²) in [6.45, 7) is 0. The van der Waals surface area contributed by atoms with Crippen LogP contribution in [0.3, 0.4) is 0 Å². The van der Waals surface area contributed by atoms with Gasteiger partial charge in [0.15, 0.2) is 0 Å². The Hall–Kier alpha value is -2.67. The molecule has 0 spiro atoms. The van der Waals surface area contributed by atoms with Crippen molar-refractivity contribution in [1.82, 2.24) is 5.32 Å². The molecule has 1 unspecified atom stereocenters. The van der Waals surface area contributed by atoms with Crippen LogP contribution in [0.2, 0.25) is 0 Å². The molecule has 0 fully saturated rings. The normalized spacial score (nSPS) is 16.5. The lowest BCUT2D eigenvalue weighted by atomic mass is 10.1. The Balaban J connectivity index is 1.70. The molecule has 7 heteroatoms. The van der Waals surface area contributed by atoms with Crippen molar-refractivity contribution >= 4 is 45.0 Å². The molecule has 0 saturated carbocycles. The third kappa shape index (κ3) is 3.62. The summed E-state index contributed by atoms with van der Waals surface area (Å²) in [5, 5.41) is 7.97. The van der Waals surface area contributed by atoms with E-state index in [1.807, 2.05) is 6.07 Å². The van der Waals surface area contributed by atoms with Crippen molar-refractivity contribution < 1.29 is 14.4 Å². The summed E-state index contributed by atoms with van der Waals surface area (Å²) >= 11 is 3.32. The molecule has 3 N–H and O–H groups in total. The van der Waals surface area contributed by atoms with Gasteiger partial charge in [-0.05, 0) is 30.3 Å². The molecule has 2 aromatic carbocycles. The van der Waals surface area contributed by atoms with Crippen LogP contribution in [-0.2, 0) is 9.59 Å². The SMILES string of the molecule is O=C(CC1NC(=O)c2ccccc2NC1=O)Nc1cccc(Br)c1. The molecule has 3 rings (SSSR count). The molecule has 0 aliphatic carbocycles. The van der Waals surface area contributed by atoms with Crippen molar-refractivity contribution in [2.24, 2.45) is 0 Å². The number of carbonyl (C=O) groups is 3. The highest BCUT2D eigenvalue weighted by Gasteiger charge is 2.29. The number of benzene rings is 2. The number of hydrogen-bond donors (Lipinski definition) is 3. The molecule has 0 radical (unpaired) electrons. The zero-order chi connectivity index (χ0) is 17.1. The van der Waals surface area contributed by atoms with Crippen molar-refractivity contribution in [1.29, 1.82) is 0 Å². The highest BCUT2D eigenvalue weighted by molar-refractivity contribution is 9.10. The molecule has 6 nitrogen and oxygen atoms in total. The highest BCUT2D eigenvalue weighted by Crippen LogP contribution is 2.19. The van der Waals surface area contributed by atoms with Crippen LogP contribution in [0.25, 0.3) is 0 Å². The van der Waals surface area contributed by atoms with Crippen molar-refractivity contribution in [2.75, 3.05) is 10.6 Å². The van der Waals surface area contributed by atoms with E-state index in [1.54, 1.807) is 42.5 Å². The number of rotatable bonds is 3. The molecule has 1 aliphatic heterocycles. The van der Waals surface area contributed by atoms with Crippen molar-refractivity contribution in [3.63, 3.8) is 0 Å². The second-order valence-corrected chi connectivity index (χ2v) is 6.24. The molecule has 3 amide bonds. The van der Waals surface area contributed by atoms with E-state index in [4.69, 9.17) is 0 Å². The Morgan fingerprint density at radius 3 is 2.71 bits per heavy atom. The number of carbonyl (C=O) groups excluding carboxylic acids is 3. The van der Waals surface area contributed by atoms with E-state index in [9.17, 15) is 14.4 Å². The van der Waals surface area contributed by atoms with Gasteiger partial charge in [-0.2, -0.15) is 0 Å². The van der Waals surface area contributed by atoms with Gasteiger partial charge in [0.05, 0.1) is 17.7 Å². The van der Waals surface area contributed by atoms with Crippen LogP contribution in [0.4, 0.5) is 11.4 Å². The number of anilines is 2. The van der Waals surface area contributed by atoms with Crippen LogP contribution >= 0.6 is 15.9 Å². The monoisotopic (exact) mass is 387 g/mol. The average Bonchev–Trinajstić information content (AvgIpc) is 2.65. The van der Waals surface area contributed by atoms with Crippen molar-refractivity contribution in [3.8, 4) is 0 Å². The van der Waals surface area contributed by atoms with E-state index in [1.165, 1.54) is 0 Å². The molecular weight excluding hydrogens is 374 g/mol. The summed E-state index contributed by atoms with van der Waals surface area (Å²) in [4.78, 5) is 36.6. The number of hydrogen-bond acceptors (Lipinski definition) is 3. The van der Waals surface area contributed by atoms with Crippen LogP contribution in [0.5, 0.6) is 0 Å². The fraction of sp³-hybridized carbons (Fsp3) is 0.118. The Labute approximate surface area is 146 Å². The first-order chi connectivity index (χ1) is 11.5. The van der Waals surface area contributed by atoms with Gasteiger partial charge in [-0.3, -0.25) is 14.4 Å². The Morgan fingerprint density at radius 1 is 1.12 bits per heavy atom. The fourth-order valence-electron chi connectivity index (χ4n) is 2.42. The minimum Gasteiger partial charge on any atom is -0.340 e. The van der Waals surface area contributed by atoms with Crippen LogP contribution in [0.1, 0.15) is 16.8 Å². The zero-order valence-electron chi connectivity index (χ0n) is 12.5. The van der Waals surface area contributed by atoms with E-state index < -0.39 is 11.9 Å². The maximum Gasteiger partial charge on any atom is 0.254 e. The second-order valence-electron chi connectivity index (χ2n) is 5.32. The van der Waals surface area contributed by atoms with Gasteiger partial charge in [0.2, 0.25) is 11.8 Å². The van der Waals surface area contributed by atoms with E-state index in [-0.39, 0.29) is 18.2 Å². The molecule has 1 heterocycles. The maximum atomic E-state index is 12.3. The first kappa shape index (κ1) is 16.2. The van der Waals surface area contributed by atoms with Crippen molar-refractivity contribution in [2.45, 2.75) is 12.5 Å². The quantitative estimate of drug-likeness (QED) is 0.755. The number of halogens is 1. The molecule has 0 aromatic heterocycles. The molecule has 0 saturated heterocycles. The van der Waals surface area contributed by atoms with E-state index in [0.29, 0.717) is 16.9 Å². The minimum atomic E-state index is -0.933. The summed E-state index contributed by atoms with van der Waals surface area (Å²) < 4.78 is 0.830. The minimum absolute atomic E-state index is 0.155. The standard InChI is InChI=1S/C17H14BrN3O3/c18-10-4-3-5-11(8-10)19-15(22)9-14-17(24)20-13-7-2-1-6-12(13)16(23)21-14/h1-8,14H,9H2,(H,19,22)(H,20,24)(H,21,23). The molecule has 0 bridgehead atoms. The largest absolute Gasteiger partial charge is 0.340 e. The summed E-state index contributed by atoms with van der Waals surface area (Å²) in [5.41, 5.74) is 1.42. The van der Waals surface area contributed by atoms with E-state index in [2.05, 4.69) is 31.9 Å². The fourth-order valence-corrected chi connectivity index (χ4v) is 2.82. The number of amides is 3. The van der Waals surface area contributed by atoms with Crippen LogP contribution in [0.15, 0.2) is 53.0 Å². The Morgan fingerprint density at radius 2 is 1.92 bits per heavy atom. The molecule has 24 heavy (non-hydrogen) atoms. The van der Waals surface area contributed by atoms with Gasteiger partial charge < -0.3 is 16.0 Å². The van der Waals surface area contributed by atoms with E-state index >= 15 is 0 Å². The van der Waals surface area contributed by atoms with Gasteiger partial charge in [-0.25, -0.2) is 0 Å². The van der Waals surface area contributed by atoms with Gasteiger partial charge >= 0.3 is 0 Å². The number of nitrogens with one attached hydrogen (secondary N) is 3. The Bertz CT molecular complexity index is 822. The van der Waals surface area contributed by atoms with Crippen LogP contribution < -0.4 is 16.0 Å². The van der Waals surface area contributed by atoms with Crippen LogP contribution in [-0.4, -0.2) is 23.8 Å². The topological polar surface area (TPSA) is 87.3 Å².